The monoisotopic (exact) mass is 351 g/mol. The van der Waals surface area contributed by atoms with Gasteiger partial charge in [-0.3, -0.25) is 4.79 Å². The minimum atomic E-state index is -0.156. The molecule has 0 radical (unpaired) electrons. The molecule has 3 aromatic rings. The lowest BCUT2D eigenvalue weighted by atomic mass is 10.0. The Morgan fingerprint density at radius 3 is 2.77 bits per heavy atom. The van der Waals surface area contributed by atoms with Gasteiger partial charge in [0.15, 0.2) is 0 Å². The number of carbonyl (C=O) groups excluding carboxylic acids is 1. The summed E-state index contributed by atoms with van der Waals surface area (Å²) in [5, 5.41) is 3.69. The maximum Gasteiger partial charge on any atom is 0.264 e. The maximum absolute atomic E-state index is 12.5. The summed E-state index contributed by atoms with van der Waals surface area (Å²) >= 11 is 0. The van der Waals surface area contributed by atoms with E-state index in [4.69, 9.17) is 5.73 Å². The zero-order valence-electron chi connectivity index (χ0n) is 15.0. The third-order valence-electron chi connectivity index (χ3n) is 4.07. The molecular formula is C19H21N5O2. The number of pyridine rings is 1. The van der Waals surface area contributed by atoms with Gasteiger partial charge in [0.2, 0.25) is 0 Å². The van der Waals surface area contributed by atoms with Crippen molar-refractivity contribution in [2.45, 2.75) is 26.3 Å². The summed E-state index contributed by atoms with van der Waals surface area (Å²) in [5.74, 6) is 0.495. The fourth-order valence-electron chi connectivity index (χ4n) is 2.78. The summed E-state index contributed by atoms with van der Waals surface area (Å²) in [6.45, 7) is 3.96. The number of rotatable bonds is 5. The van der Waals surface area contributed by atoms with E-state index < -0.39 is 0 Å². The number of benzene rings is 1. The number of hydrogen-bond donors (Lipinski definition) is 2. The highest BCUT2D eigenvalue weighted by Gasteiger charge is 2.14. The standard InChI is InChI=1S/C19H21N5O2/c1-11(2)22-18-17-16(21-10-24(3)19(17)26)9-15(23-18)13-4-5-14(20)12(8-13)6-7-25/h4-5,7-11H,6,20H2,1-3H3,(H,22,23). The lowest BCUT2D eigenvalue weighted by Crippen LogP contribution is -2.21. The van der Waals surface area contributed by atoms with Crippen LogP contribution in [0, 0.1) is 0 Å². The van der Waals surface area contributed by atoms with Crippen LogP contribution >= 0.6 is 0 Å². The molecule has 3 N–H and O–H groups in total. The Balaban J connectivity index is 2.25. The van der Waals surface area contributed by atoms with Gasteiger partial charge in [-0.05, 0) is 37.6 Å². The largest absolute Gasteiger partial charge is 0.398 e. The van der Waals surface area contributed by atoms with Gasteiger partial charge in [0.25, 0.3) is 5.56 Å². The summed E-state index contributed by atoms with van der Waals surface area (Å²) in [5.41, 5.74) is 9.12. The first-order chi connectivity index (χ1) is 12.4. The maximum atomic E-state index is 12.5. The second-order valence-corrected chi connectivity index (χ2v) is 6.49. The number of carbonyl (C=O) groups is 1. The minimum Gasteiger partial charge on any atom is -0.398 e. The molecular weight excluding hydrogens is 330 g/mol. The highest BCUT2D eigenvalue weighted by Crippen LogP contribution is 2.27. The molecule has 0 aliphatic carbocycles. The topological polar surface area (TPSA) is 103 Å². The Hall–Kier alpha value is -3.22. The van der Waals surface area contributed by atoms with Crippen LogP contribution in [0.4, 0.5) is 11.5 Å². The first-order valence-corrected chi connectivity index (χ1v) is 8.36. The molecule has 2 aromatic heterocycles. The Kier molecular flexibility index (Phi) is 4.71. The molecule has 0 aliphatic heterocycles. The van der Waals surface area contributed by atoms with Gasteiger partial charge >= 0.3 is 0 Å². The van der Waals surface area contributed by atoms with Gasteiger partial charge in [0, 0.05) is 30.8 Å². The van der Waals surface area contributed by atoms with Crippen molar-refractivity contribution in [3.8, 4) is 11.3 Å². The van der Waals surface area contributed by atoms with Crippen LogP contribution < -0.4 is 16.6 Å². The number of hydrogen-bond acceptors (Lipinski definition) is 6. The molecule has 0 saturated carbocycles. The number of nitrogens with one attached hydrogen (secondary N) is 1. The van der Waals surface area contributed by atoms with Crippen molar-refractivity contribution in [3.05, 3.63) is 46.5 Å². The van der Waals surface area contributed by atoms with Crippen LogP contribution in [0.5, 0.6) is 0 Å². The van der Waals surface area contributed by atoms with Gasteiger partial charge in [0.1, 0.15) is 17.5 Å². The second kappa shape index (κ2) is 6.95. The molecule has 0 spiro atoms. The quantitative estimate of drug-likeness (QED) is 0.539. The third kappa shape index (κ3) is 3.28. The highest BCUT2D eigenvalue weighted by molar-refractivity contribution is 5.91. The van der Waals surface area contributed by atoms with Crippen molar-refractivity contribution in [2.75, 3.05) is 11.1 Å². The summed E-state index contributed by atoms with van der Waals surface area (Å²) in [4.78, 5) is 32.4. The molecule has 0 amide bonds. The zero-order chi connectivity index (χ0) is 18.8. The summed E-state index contributed by atoms with van der Waals surface area (Å²) in [7, 11) is 1.66. The van der Waals surface area contributed by atoms with E-state index in [2.05, 4.69) is 15.3 Å². The number of nitrogens with two attached hydrogens (primary N) is 1. The molecule has 0 aliphatic rings. The minimum absolute atomic E-state index is 0.0999. The average Bonchev–Trinajstić information content (AvgIpc) is 2.59. The van der Waals surface area contributed by atoms with E-state index >= 15 is 0 Å². The average molecular weight is 351 g/mol. The Morgan fingerprint density at radius 1 is 1.31 bits per heavy atom. The van der Waals surface area contributed by atoms with Gasteiger partial charge in [-0.25, -0.2) is 9.97 Å². The fraction of sp³-hybridized carbons (Fsp3) is 0.263. The number of aldehydes is 1. The molecule has 2 heterocycles. The molecule has 0 unspecified atom stereocenters. The molecule has 7 nitrogen and oxygen atoms in total. The third-order valence-corrected chi connectivity index (χ3v) is 4.07. The van der Waals surface area contributed by atoms with Gasteiger partial charge in [-0.2, -0.15) is 0 Å². The smallest absolute Gasteiger partial charge is 0.264 e. The SMILES string of the molecule is CC(C)Nc1nc(-c2ccc(N)c(CC=O)c2)cc2ncn(C)c(=O)c12. The molecule has 0 bridgehead atoms. The van der Waals surface area contributed by atoms with Crippen molar-refractivity contribution in [1.29, 1.82) is 0 Å². The van der Waals surface area contributed by atoms with Crippen molar-refractivity contribution in [1.82, 2.24) is 14.5 Å². The first kappa shape index (κ1) is 17.6. The lowest BCUT2D eigenvalue weighted by molar-refractivity contribution is -0.107. The summed E-state index contributed by atoms with van der Waals surface area (Å²) in [6.07, 6.45) is 2.55. The van der Waals surface area contributed by atoms with Crippen molar-refractivity contribution in [3.63, 3.8) is 0 Å². The number of aryl methyl sites for hydroxylation is 1. The molecule has 1 aromatic carbocycles. The predicted octanol–water partition coefficient (Wildman–Crippen LogP) is 2.14. The van der Waals surface area contributed by atoms with E-state index in [0.29, 0.717) is 28.1 Å². The number of anilines is 2. The second-order valence-electron chi connectivity index (χ2n) is 6.49. The van der Waals surface area contributed by atoms with Crippen LogP contribution in [0.3, 0.4) is 0 Å². The highest BCUT2D eigenvalue weighted by atomic mass is 16.1. The zero-order valence-corrected chi connectivity index (χ0v) is 15.0. The van der Waals surface area contributed by atoms with Crippen molar-refractivity contribution in [2.24, 2.45) is 7.05 Å². The number of fused-ring (bicyclic) bond motifs is 1. The molecule has 26 heavy (non-hydrogen) atoms. The van der Waals surface area contributed by atoms with Crippen LogP contribution in [0.1, 0.15) is 19.4 Å². The lowest BCUT2D eigenvalue weighted by Gasteiger charge is -2.14. The van der Waals surface area contributed by atoms with E-state index in [9.17, 15) is 9.59 Å². The summed E-state index contributed by atoms with van der Waals surface area (Å²) < 4.78 is 1.43. The first-order valence-electron chi connectivity index (χ1n) is 8.36. The normalized spacial score (nSPS) is 11.1. The molecule has 7 heteroatoms. The van der Waals surface area contributed by atoms with Crippen LogP contribution in [-0.2, 0) is 18.3 Å². The number of aromatic nitrogens is 3. The van der Waals surface area contributed by atoms with Crippen LogP contribution in [0.15, 0.2) is 35.4 Å². The van der Waals surface area contributed by atoms with E-state index in [1.807, 2.05) is 26.0 Å². The van der Waals surface area contributed by atoms with Crippen molar-refractivity contribution >= 4 is 28.7 Å². The molecule has 0 saturated heterocycles. The Morgan fingerprint density at radius 2 is 2.08 bits per heavy atom. The van der Waals surface area contributed by atoms with Crippen LogP contribution in [0.2, 0.25) is 0 Å². The molecule has 0 fully saturated rings. The molecule has 134 valence electrons. The molecule has 0 atom stereocenters. The van der Waals surface area contributed by atoms with E-state index in [1.54, 1.807) is 19.2 Å². The van der Waals surface area contributed by atoms with Gasteiger partial charge in [0.05, 0.1) is 17.5 Å². The predicted molar refractivity (Wildman–Crippen MR) is 103 cm³/mol. The van der Waals surface area contributed by atoms with E-state index in [-0.39, 0.29) is 18.0 Å². The number of nitrogens with zero attached hydrogens (tertiary/aromatic N) is 3. The fourth-order valence-corrected chi connectivity index (χ4v) is 2.78. The van der Waals surface area contributed by atoms with Crippen LogP contribution in [0.25, 0.3) is 22.2 Å². The summed E-state index contributed by atoms with van der Waals surface area (Å²) in [6, 6.07) is 7.32. The van der Waals surface area contributed by atoms with E-state index in [1.165, 1.54) is 10.9 Å². The Labute approximate surface area is 150 Å². The van der Waals surface area contributed by atoms with Crippen molar-refractivity contribution < 1.29 is 4.79 Å². The Bertz CT molecular complexity index is 1040. The van der Waals surface area contributed by atoms with Gasteiger partial charge in [-0.15, -0.1) is 0 Å². The van der Waals surface area contributed by atoms with E-state index in [0.717, 1.165) is 17.4 Å². The number of nitrogen functional groups attached to an aromatic ring is 1. The van der Waals surface area contributed by atoms with Gasteiger partial charge in [-0.1, -0.05) is 6.07 Å². The van der Waals surface area contributed by atoms with Crippen LogP contribution in [-0.4, -0.2) is 26.9 Å². The van der Waals surface area contributed by atoms with Gasteiger partial charge < -0.3 is 20.4 Å². The molecule has 3 rings (SSSR count).